The third-order valence-electron chi connectivity index (χ3n) is 11.6. The molecule has 0 radical (unpaired) electrons. The van der Waals surface area contributed by atoms with Crippen LogP contribution in [-0.4, -0.2) is 11.7 Å². The summed E-state index contributed by atoms with van der Waals surface area (Å²) in [5, 5.41) is 3.62. The Labute approximate surface area is 331 Å². The maximum absolute atomic E-state index is 6.68. The molecule has 270 valence electrons. The standard InChI is InChI=1S/C52H36N4O/c53-39-29-26-34(27-30-39)33-22-24-35(25-23-33)40-16-11-19-44-48(40)41-31-28-38(32-45(41)52(44)42-17-7-9-20-46(42)57-47-21-10-8-18-43(47)52)51-55-49(36-12-3-1-4-13-36)54-50(56-51)37-14-5-2-6-15-37/h1-32,49H,53H2,(H,54,55,56). The minimum Gasteiger partial charge on any atom is -0.457 e. The zero-order chi connectivity index (χ0) is 37.9. The van der Waals surface area contributed by atoms with Crippen LogP contribution in [0.3, 0.4) is 0 Å². The third-order valence-corrected chi connectivity index (χ3v) is 11.6. The molecule has 2 heterocycles. The monoisotopic (exact) mass is 732 g/mol. The maximum atomic E-state index is 6.68. The molecule has 0 aromatic heterocycles. The highest BCUT2D eigenvalue weighted by atomic mass is 16.5. The lowest BCUT2D eigenvalue weighted by atomic mass is 9.66. The Morgan fingerprint density at radius 3 is 1.75 bits per heavy atom. The van der Waals surface area contributed by atoms with E-state index in [1.54, 1.807) is 0 Å². The van der Waals surface area contributed by atoms with Gasteiger partial charge >= 0.3 is 0 Å². The Bertz CT molecular complexity index is 2850. The average Bonchev–Trinajstić information content (AvgIpc) is 3.57. The molecular weight excluding hydrogens is 697 g/mol. The van der Waals surface area contributed by atoms with E-state index in [1.165, 1.54) is 27.8 Å². The molecular formula is C52H36N4O. The van der Waals surface area contributed by atoms with Crippen LogP contribution in [0.4, 0.5) is 5.69 Å². The molecule has 0 saturated carbocycles. The summed E-state index contributed by atoms with van der Waals surface area (Å²) in [5.41, 5.74) is 20.8. The van der Waals surface area contributed by atoms with Gasteiger partial charge in [0.05, 0.1) is 5.41 Å². The van der Waals surface area contributed by atoms with E-state index in [1.807, 2.05) is 36.4 Å². The van der Waals surface area contributed by atoms with Crippen LogP contribution in [0, 0.1) is 0 Å². The van der Waals surface area contributed by atoms with Gasteiger partial charge in [-0.1, -0.05) is 164 Å². The van der Waals surface area contributed by atoms with E-state index in [4.69, 9.17) is 20.5 Å². The van der Waals surface area contributed by atoms with Gasteiger partial charge in [0, 0.05) is 27.9 Å². The summed E-state index contributed by atoms with van der Waals surface area (Å²) < 4.78 is 6.68. The lowest BCUT2D eigenvalue weighted by molar-refractivity contribution is 0.436. The van der Waals surface area contributed by atoms with Crippen molar-refractivity contribution in [3.8, 4) is 44.9 Å². The number of ether oxygens (including phenoxy) is 1. The smallest absolute Gasteiger partial charge is 0.159 e. The molecule has 0 bridgehead atoms. The molecule has 1 spiro atoms. The first-order chi connectivity index (χ1) is 28.1. The summed E-state index contributed by atoms with van der Waals surface area (Å²) in [6, 6.07) is 68.1. The summed E-state index contributed by atoms with van der Waals surface area (Å²) in [7, 11) is 0. The molecule has 8 aromatic rings. The molecule has 1 unspecified atom stereocenters. The first-order valence-electron chi connectivity index (χ1n) is 19.3. The fraction of sp³-hybridized carbons (Fsp3) is 0.0385. The summed E-state index contributed by atoms with van der Waals surface area (Å²) in [5.74, 6) is 3.18. The zero-order valence-electron chi connectivity index (χ0n) is 30.9. The van der Waals surface area contributed by atoms with Crippen molar-refractivity contribution in [2.24, 2.45) is 9.98 Å². The number of hydrogen-bond acceptors (Lipinski definition) is 5. The normalized spacial score (nSPS) is 15.5. The number of aliphatic imine (C=N–C) groups is 2. The molecule has 0 amide bonds. The molecule has 5 nitrogen and oxygen atoms in total. The van der Waals surface area contributed by atoms with Crippen molar-refractivity contribution >= 4 is 17.4 Å². The number of rotatable bonds is 5. The van der Waals surface area contributed by atoms with E-state index < -0.39 is 5.41 Å². The summed E-state index contributed by atoms with van der Waals surface area (Å²) in [6.07, 6.45) is -0.305. The van der Waals surface area contributed by atoms with E-state index >= 15 is 0 Å². The van der Waals surface area contributed by atoms with E-state index in [0.29, 0.717) is 5.84 Å². The average molecular weight is 733 g/mol. The van der Waals surface area contributed by atoms with Crippen molar-refractivity contribution in [1.29, 1.82) is 0 Å². The Morgan fingerprint density at radius 1 is 0.474 bits per heavy atom. The largest absolute Gasteiger partial charge is 0.457 e. The van der Waals surface area contributed by atoms with Gasteiger partial charge in [0.1, 0.15) is 23.5 Å². The molecule has 57 heavy (non-hydrogen) atoms. The van der Waals surface area contributed by atoms with E-state index in [2.05, 4.69) is 163 Å². The van der Waals surface area contributed by atoms with Gasteiger partial charge in [-0.15, -0.1) is 0 Å². The number of nitrogens with zero attached hydrogens (tertiary/aromatic N) is 2. The van der Waals surface area contributed by atoms with Crippen LogP contribution in [0.15, 0.2) is 204 Å². The number of fused-ring (bicyclic) bond motifs is 9. The molecule has 0 fully saturated rings. The molecule has 8 aromatic carbocycles. The highest BCUT2D eigenvalue weighted by Gasteiger charge is 2.51. The lowest BCUT2D eigenvalue weighted by Gasteiger charge is -2.39. The SMILES string of the molecule is Nc1ccc(-c2ccc(-c3cccc4c3-c3ccc(C5=NC(c6ccccc6)NC(c6ccccc6)=N5)cc3C43c4ccccc4Oc4ccccc43)cc2)cc1. The number of hydrogen-bond donors (Lipinski definition) is 2. The van der Waals surface area contributed by atoms with Crippen molar-refractivity contribution in [1.82, 2.24) is 5.32 Å². The number of para-hydroxylation sites is 2. The van der Waals surface area contributed by atoms with Gasteiger partial charge in [-0.2, -0.15) is 0 Å². The topological polar surface area (TPSA) is 72.0 Å². The lowest BCUT2D eigenvalue weighted by Crippen LogP contribution is -2.34. The number of benzene rings is 8. The van der Waals surface area contributed by atoms with Gasteiger partial charge in [0.2, 0.25) is 0 Å². The van der Waals surface area contributed by atoms with Crippen LogP contribution in [0.2, 0.25) is 0 Å². The zero-order valence-corrected chi connectivity index (χ0v) is 30.9. The quantitative estimate of drug-likeness (QED) is 0.173. The fourth-order valence-electron chi connectivity index (χ4n) is 8.97. The molecule has 2 aliphatic heterocycles. The molecule has 11 rings (SSSR count). The number of amidine groups is 2. The number of anilines is 1. The number of nitrogen functional groups attached to an aromatic ring is 1. The van der Waals surface area contributed by atoms with Crippen LogP contribution >= 0.6 is 0 Å². The van der Waals surface area contributed by atoms with Crippen molar-refractivity contribution < 1.29 is 4.74 Å². The van der Waals surface area contributed by atoms with Crippen LogP contribution in [0.5, 0.6) is 11.5 Å². The molecule has 1 atom stereocenters. The number of nitrogens with one attached hydrogen (secondary N) is 1. The van der Waals surface area contributed by atoms with Crippen LogP contribution in [0.1, 0.15) is 45.1 Å². The summed E-state index contributed by atoms with van der Waals surface area (Å²) >= 11 is 0. The van der Waals surface area contributed by atoms with Crippen LogP contribution < -0.4 is 15.8 Å². The Kier molecular flexibility index (Phi) is 7.54. The molecule has 3 aliphatic rings. The highest BCUT2D eigenvalue weighted by Crippen LogP contribution is 2.63. The highest BCUT2D eigenvalue weighted by molar-refractivity contribution is 6.13. The first-order valence-corrected chi connectivity index (χ1v) is 19.3. The molecule has 5 heteroatoms. The Balaban J connectivity index is 1.15. The molecule has 0 saturated heterocycles. The Hall–Kier alpha value is -7.50. The third kappa shape index (κ3) is 5.24. The first kappa shape index (κ1) is 32.9. The van der Waals surface area contributed by atoms with Gasteiger partial charge in [0.25, 0.3) is 0 Å². The molecule has 3 N–H and O–H groups in total. The van der Waals surface area contributed by atoms with Gasteiger partial charge in [-0.3, -0.25) is 0 Å². The summed E-state index contributed by atoms with van der Waals surface area (Å²) in [4.78, 5) is 10.5. The van der Waals surface area contributed by atoms with E-state index in [-0.39, 0.29) is 6.17 Å². The van der Waals surface area contributed by atoms with Gasteiger partial charge in [0.15, 0.2) is 5.84 Å². The maximum Gasteiger partial charge on any atom is 0.159 e. The predicted molar refractivity (Wildman–Crippen MR) is 231 cm³/mol. The minimum atomic E-state index is -0.662. The van der Waals surface area contributed by atoms with Gasteiger partial charge < -0.3 is 15.8 Å². The van der Waals surface area contributed by atoms with Gasteiger partial charge in [-0.05, 0) is 80.4 Å². The Morgan fingerprint density at radius 2 is 1.05 bits per heavy atom. The van der Waals surface area contributed by atoms with Gasteiger partial charge in [-0.25, -0.2) is 9.98 Å². The summed E-state index contributed by atoms with van der Waals surface area (Å²) in [6.45, 7) is 0. The van der Waals surface area contributed by atoms with Crippen LogP contribution in [-0.2, 0) is 5.41 Å². The molecule has 1 aliphatic carbocycles. The van der Waals surface area contributed by atoms with Crippen molar-refractivity contribution in [2.75, 3.05) is 5.73 Å². The number of nitrogens with two attached hydrogens (primary N) is 1. The second-order valence-corrected chi connectivity index (χ2v) is 14.8. The predicted octanol–water partition coefficient (Wildman–Crippen LogP) is 11.6. The minimum absolute atomic E-state index is 0.305. The fourth-order valence-corrected chi connectivity index (χ4v) is 8.97. The van der Waals surface area contributed by atoms with E-state index in [0.717, 1.165) is 67.5 Å². The van der Waals surface area contributed by atoms with Crippen molar-refractivity contribution in [3.05, 3.63) is 233 Å². The second-order valence-electron chi connectivity index (χ2n) is 14.8. The van der Waals surface area contributed by atoms with E-state index in [9.17, 15) is 0 Å². The van der Waals surface area contributed by atoms with Crippen molar-refractivity contribution in [2.45, 2.75) is 11.6 Å². The van der Waals surface area contributed by atoms with Crippen molar-refractivity contribution in [3.63, 3.8) is 0 Å². The second kappa shape index (κ2) is 13.1. The van der Waals surface area contributed by atoms with Crippen LogP contribution in [0.25, 0.3) is 33.4 Å².